The van der Waals surface area contributed by atoms with E-state index in [1.165, 1.54) is 6.42 Å². The summed E-state index contributed by atoms with van der Waals surface area (Å²) in [6.45, 7) is 2.38. The molecule has 0 saturated heterocycles. The highest BCUT2D eigenvalue weighted by atomic mass is 35.5. The zero-order valence-electron chi connectivity index (χ0n) is 21.3. The van der Waals surface area contributed by atoms with Gasteiger partial charge in [-0.2, -0.15) is 0 Å². The molecule has 4 rings (SSSR count). The lowest BCUT2D eigenvalue weighted by atomic mass is 9.94. The van der Waals surface area contributed by atoms with Crippen LogP contribution >= 0.6 is 23.2 Å². The molecule has 0 aliphatic heterocycles. The Morgan fingerprint density at radius 3 is 2.30 bits per heavy atom. The van der Waals surface area contributed by atoms with Crippen molar-refractivity contribution < 1.29 is 9.59 Å². The summed E-state index contributed by atoms with van der Waals surface area (Å²) in [7, 11) is 0. The lowest BCUT2D eigenvalue weighted by molar-refractivity contribution is -0.141. The number of carbonyl (C=O) groups is 2. The molecule has 1 N–H and O–H groups in total. The highest BCUT2D eigenvalue weighted by molar-refractivity contribution is 6.42. The summed E-state index contributed by atoms with van der Waals surface area (Å²) in [4.78, 5) is 29.5. The highest BCUT2D eigenvalue weighted by Crippen LogP contribution is 2.25. The predicted octanol–water partition coefficient (Wildman–Crippen LogP) is 6.93. The Morgan fingerprint density at radius 2 is 1.59 bits per heavy atom. The minimum absolute atomic E-state index is 0.0909. The predicted molar refractivity (Wildman–Crippen MR) is 151 cm³/mol. The van der Waals surface area contributed by atoms with Crippen LogP contribution in [0, 0.1) is 6.92 Å². The molecule has 6 heteroatoms. The van der Waals surface area contributed by atoms with Crippen molar-refractivity contribution >= 4 is 35.0 Å². The van der Waals surface area contributed by atoms with Crippen LogP contribution in [-0.4, -0.2) is 28.8 Å². The van der Waals surface area contributed by atoms with E-state index in [9.17, 15) is 9.59 Å². The summed E-state index contributed by atoms with van der Waals surface area (Å²) in [5.41, 5.74) is 3.89. The normalized spacial score (nSPS) is 14.7. The first kappa shape index (κ1) is 27.2. The van der Waals surface area contributed by atoms with Crippen LogP contribution in [0.25, 0.3) is 0 Å². The first-order chi connectivity index (χ1) is 17.9. The van der Waals surface area contributed by atoms with Gasteiger partial charge in [0.15, 0.2) is 0 Å². The van der Waals surface area contributed by atoms with E-state index in [-0.39, 0.29) is 24.3 Å². The first-order valence-electron chi connectivity index (χ1n) is 13.0. The number of hydrogen-bond acceptors (Lipinski definition) is 2. The summed E-state index contributed by atoms with van der Waals surface area (Å²) < 4.78 is 0. The van der Waals surface area contributed by atoms with Gasteiger partial charge in [0.05, 0.1) is 16.5 Å². The fourth-order valence-electron chi connectivity index (χ4n) is 5.00. The molecule has 0 spiro atoms. The molecule has 0 bridgehead atoms. The Morgan fingerprint density at radius 1 is 0.892 bits per heavy atom. The molecule has 1 saturated carbocycles. The molecule has 194 valence electrons. The molecule has 0 radical (unpaired) electrons. The zero-order valence-corrected chi connectivity index (χ0v) is 22.8. The lowest BCUT2D eigenvalue weighted by Gasteiger charge is -2.34. The van der Waals surface area contributed by atoms with Crippen LogP contribution in [0.2, 0.25) is 10.0 Å². The van der Waals surface area contributed by atoms with Crippen molar-refractivity contribution in [3.05, 3.63) is 105 Å². The molecule has 1 fully saturated rings. The maximum Gasteiger partial charge on any atom is 0.243 e. The lowest BCUT2D eigenvalue weighted by Crippen LogP contribution is -2.53. The number of halogens is 2. The average molecular weight is 538 g/mol. The van der Waals surface area contributed by atoms with Gasteiger partial charge >= 0.3 is 0 Å². The third-order valence-corrected chi connectivity index (χ3v) is 7.90. The Hall–Kier alpha value is -2.82. The number of rotatable bonds is 9. The van der Waals surface area contributed by atoms with Crippen molar-refractivity contribution in [2.45, 2.75) is 70.5 Å². The molecule has 1 unspecified atom stereocenters. The van der Waals surface area contributed by atoms with Gasteiger partial charge in [-0.05, 0) is 54.2 Å². The number of nitrogens with zero attached hydrogens (tertiary/aromatic N) is 1. The smallest absolute Gasteiger partial charge is 0.243 e. The van der Waals surface area contributed by atoms with Crippen LogP contribution in [0.4, 0.5) is 0 Å². The minimum atomic E-state index is -0.640. The summed E-state index contributed by atoms with van der Waals surface area (Å²) >= 11 is 12.3. The van der Waals surface area contributed by atoms with E-state index >= 15 is 0 Å². The van der Waals surface area contributed by atoms with Gasteiger partial charge in [-0.1, -0.05) is 103 Å². The van der Waals surface area contributed by atoms with Crippen LogP contribution in [0.15, 0.2) is 72.8 Å². The van der Waals surface area contributed by atoms with Crippen molar-refractivity contribution in [2.75, 3.05) is 0 Å². The van der Waals surface area contributed by atoms with Crippen LogP contribution in [0.1, 0.15) is 54.4 Å². The van der Waals surface area contributed by atoms with E-state index in [1.54, 1.807) is 17.0 Å². The van der Waals surface area contributed by atoms with Crippen molar-refractivity contribution in [3.8, 4) is 0 Å². The van der Waals surface area contributed by atoms with Crippen LogP contribution in [0.3, 0.4) is 0 Å². The topological polar surface area (TPSA) is 49.4 Å². The fraction of sp³-hybridized carbons (Fsp3) is 0.355. The summed E-state index contributed by atoms with van der Waals surface area (Å²) in [5.74, 6) is -0.215. The number of amides is 2. The molecule has 3 aromatic carbocycles. The molecule has 0 heterocycles. The van der Waals surface area contributed by atoms with E-state index in [4.69, 9.17) is 23.2 Å². The van der Waals surface area contributed by atoms with E-state index < -0.39 is 6.04 Å². The van der Waals surface area contributed by atoms with Crippen molar-refractivity contribution in [1.29, 1.82) is 0 Å². The first-order valence-corrected chi connectivity index (χ1v) is 13.8. The summed E-state index contributed by atoms with van der Waals surface area (Å²) in [5, 5.41) is 4.14. The monoisotopic (exact) mass is 536 g/mol. The van der Waals surface area contributed by atoms with Gasteiger partial charge in [0.1, 0.15) is 6.04 Å². The Bertz CT molecular complexity index is 1210. The molecular weight excluding hydrogens is 503 g/mol. The summed E-state index contributed by atoms with van der Waals surface area (Å²) in [6, 6.07) is 22.7. The second-order valence-corrected chi connectivity index (χ2v) is 10.7. The number of benzene rings is 3. The molecule has 1 aliphatic rings. The molecular formula is C31H34Cl2N2O2. The Balaban J connectivity index is 1.67. The second-order valence-electron chi connectivity index (χ2n) is 9.92. The minimum Gasteiger partial charge on any atom is -0.352 e. The van der Waals surface area contributed by atoms with Crippen LogP contribution in [-0.2, 0) is 29.0 Å². The van der Waals surface area contributed by atoms with Gasteiger partial charge in [-0.3, -0.25) is 9.59 Å². The molecule has 4 nitrogen and oxygen atoms in total. The molecule has 3 aromatic rings. The number of hydrogen-bond donors (Lipinski definition) is 1. The third kappa shape index (κ3) is 7.59. The van der Waals surface area contributed by atoms with Crippen LogP contribution in [0.5, 0.6) is 0 Å². The zero-order chi connectivity index (χ0) is 26.2. The Labute approximate surface area is 230 Å². The van der Waals surface area contributed by atoms with Gasteiger partial charge in [0.2, 0.25) is 11.8 Å². The van der Waals surface area contributed by atoms with E-state index in [1.807, 2.05) is 67.6 Å². The van der Waals surface area contributed by atoms with Gasteiger partial charge < -0.3 is 10.2 Å². The SMILES string of the molecule is Cc1ccccc1CN(C(=O)Cc1ccc(Cl)c(Cl)c1)C(Cc1ccccc1)C(=O)NC1CCCCC1. The van der Waals surface area contributed by atoms with Crippen molar-refractivity contribution in [3.63, 3.8) is 0 Å². The number of carbonyl (C=O) groups excluding carboxylic acids is 2. The maximum absolute atomic E-state index is 13.9. The average Bonchev–Trinajstić information content (AvgIpc) is 2.90. The molecule has 1 atom stereocenters. The van der Waals surface area contributed by atoms with E-state index in [0.29, 0.717) is 23.0 Å². The highest BCUT2D eigenvalue weighted by Gasteiger charge is 2.32. The molecule has 1 aliphatic carbocycles. The van der Waals surface area contributed by atoms with Crippen molar-refractivity contribution in [2.24, 2.45) is 0 Å². The van der Waals surface area contributed by atoms with Gasteiger partial charge in [0, 0.05) is 19.0 Å². The second kappa shape index (κ2) is 13.1. The van der Waals surface area contributed by atoms with E-state index in [0.717, 1.165) is 47.9 Å². The summed E-state index contributed by atoms with van der Waals surface area (Å²) in [6.07, 6.45) is 6.00. The van der Waals surface area contributed by atoms with Gasteiger partial charge in [0.25, 0.3) is 0 Å². The molecule has 2 amide bonds. The molecule has 0 aromatic heterocycles. The van der Waals surface area contributed by atoms with Crippen molar-refractivity contribution in [1.82, 2.24) is 10.2 Å². The standard InChI is InChI=1S/C31H34Cl2N2O2/c1-22-10-8-9-13-25(22)21-35(30(36)20-24-16-17-27(32)28(33)18-24)29(19-23-11-4-2-5-12-23)31(37)34-26-14-6-3-7-15-26/h2,4-5,8-13,16-18,26,29H,3,6-7,14-15,19-21H2,1H3,(H,34,37). The van der Waals surface area contributed by atoms with Gasteiger partial charge in [-0.15, -0.1) is 0 Å². The Kier molecular flexibility index (Phi) is 9.65. The maximum atomic E-state index is 13.9. The number of aryl methyl sites for hydroxylation is 1. The van der Waals surface area contributed by atoms with E-state index in [2.05, 4.69) is 5.32 Å². The third-order valence-electron chi connectivity index (χ3n) is 7.16. The number of nitrogens with one attached hydrogen (secondary N) is 1. The largest absolute Gasteiger partial charge is 0.352 e. The van der Waals surface area contributed by atoms with Crippen LogP contribution < -0.4 is 5.32 Å². The van der Waals surface area contributed by atoms with Gasteiger partial charge in [-0.25, -0.2) is 0 Å². The fourth-order valence-corrected chi connectivity index (χ4v) is 5.32. The molecule has 37 heavy (non-hydrogen) atoms. The quantitative estimate of drug-likeness (QED) is 0.322.